The average Bonchev–Trinajstić information content (AvgIpc) is 3.80. The van der Waals surface area contributed by atoms with Crippen LogP contribution in [-0.4, -0.2) is 55.1 Å². The van der Waals surface area contributed by atoms with Crippen LogP contribution >= 0.6 is 0 Å². The molecule has 0 atom stereocenters. The number of esters is 1. The Morgan fingerprint density at radius 1 is 1.00 bits per heavy atom. The molecule has 0 radical (unpaired) electrons. The van der Waals surface area contributed by atoms with Crippen molar-refractivity contribution in [2.75, 3.05) is 14.2 Å². The SMILES string of the molecule is CCCc1nc(C(C)(C)O)c(C(=O)OCc2oc(=O)oc2C)n1Cc1ccc(-c2ccccc2-c2nnnn2CC2=CCC=C(OC)C=C2OC)cc1. The number of allylic oxidation sites excluding steroid dienone is 4. The van der Waals surface area contributed by atoms with E-state index in [1.807, 2.05) is 67.6 Å². The maximum Gasteiger partial charge on any atom is 0.519 e. The molecule has 0 saturated carbocycles. The van der Waals surface area contributed by atoms with Gasteiger partial charge in [-0.05, 0) is 66.8 Å². The number of hydrogen-bond acceptors (Lipinski definition) is 12. The van der Waals surface area contributed by atoms with E-state index in [1.165, 1.54) is 0 Å². The number of carbonyl (C=O) groups excluding carboxylic acids is 1. The van der Waals surface area contributed by atoms with E-state index < -0.39 is 17.4 Å². The Morgan fingerprint density at radius 2 is 1.75 bits per heavy atom. The Balaban J connectivity index is 1.29. The molecule has 0 unspecified atom stereocenters. The predicted molar refractivity (Wildman–Crippen MR) is 193 cm³/mol. The molecule has 0 saturated heterocycles. The van der Waals surface area contributed by atoms with Crippen molar-refractivity contribution in [2.24, 2.45) is 0 Å². The molecular formula is C39H42N6O8. The summed E-state index contributed by atoms with van der Waals surface area (Å²) in [6, 6.07) is 15.9. The van der Waals surface area contributed by atoms with E-state index in [-0.39, 0.29) is 36.1 Å². The van der Waals surface area contributed by atoms with E-state index >= 15 is 0 Å². The zero-order chi connectivity index (χ0) is 37.7. The van der Waals surface area contributed by atoms with Crippen molar-refractivity contribution in [3.8, 4) is 22.5 Å². The summed E-state index contributed by atoms with van der Waals surface area (Å²) in [6.45, 7) is 7.06. The van der Waals surface area contributed by atoms with Gasteiger partial charge in [0.25, 0.3) is 0 Å². The lowest BCUT2D eigenvalue weighted by Crippen LogP contribution is -2.23. The van der Waals surface area contributed by atoms with E-state index in [4.69, 9.17) is 28.0 Å². The first-order valence-electron chi connectivity index (χ1n) is 17.2. The van der Waals surface area contributed by atoms with Crippen molar-refractivity contribution in [3.63, 3.8) is 0 Å². The molecule has 14 nitrogen and oxygen atoms in total. The van der Waals surface area contributed by atoms with Gasteiger partial charge in [0.2, 0.25) is 0 Å². The van der Waals surface area contributed by atoms with Gasteiger partial charge in [-0.2, -0.15) is 0 Å². The largest absolute Gasteiger partial charge is 0.519 e. The zero-order valence-corrected chi connectivity index (χ0v) is 30.6. The monoisotopic (exact) mass is 722 g/mol. The molecule has 0 fully saturated rings. The Labute approximate surface area is 306 Å². The minimum Gasteiger partial charge on any atom is -0.497 e. The Hall–Kier alpha value is -6.02. The average molecular weight is 723 g/mol. The van der Waals surface area contributed by atoms with Crippen molar-refractivity contribution in [1.82, 2.24) is 29.8 Å². The third-order valence-electron chi connectivity index (χ3n) is 8.82. The molecule has 6 rings (SSSR count). The summed E-state index contributed by atoms with van der Waals surface area (Å²) in [4.78, 5) is 29.9. The van der Waals surface area contributed by atoms with Gasteiger partial charge in [-0.25, -0.2) is 19.3 Å². The molecule has 5 aromatic rings. The molecule has 1 aliphatic rings. The molecule has 3 heterocycles. The van der Waals surface area contributed by atoms with Gasteiger partial charge in [0.1, 0.15) is 28.6 Å². The van der Waals surface area contributed by atoms with Crippen LogP contribution in [0, 0.1) is 6.92 Å². The maximum atomic E-state index is 13.7. The summed E-state index contributed by atoms with van der Waals surface area (Å²) in [7, 11) is 3.25. The number of rotatable bonds is 14. The highest BCUT2D eigenvalue weighted by Gasteiger charge is 2.33. The van der Waals surface area contributed by atoms with Gasteiger partial charge in [-0.15, -0.1) is 5.10 Å². The lowest BCUT2D eigenvalue weighted by Gasteiger charge is -2.18. The first-order valence-corrected chi connectivity index (χ1v) is 17.2. The molecule has 0 amide bonds. The van der Waals surface area contributed by atoms with Crippen LogP contribution < -0.4 is 5.82 Å². The fourth-order valence-corrected chi connectivity index (χ4v) is 6.16. The number of hydrogen-bond donors (Lipinski definition) is 1. The van der Waals surface area contributed by atoms with Gasteiger partial charge in [0.15, 0.2) is 29.6 Å². The van der Waals surface area contributed by atoms with Crippen LogP contribution in [0.4, 0.5) is 0 Å². The number of aromatic nitrogens is 6. The van der Waals surface area contributed by atoms with Crippen LogP contribution in [-0.2, 0) is 45.9 Å². The van der Waals surface area contributed by atoms with Gasteiger partial charge in [0.05, 0.1) is 20.8 Å². The number of carbonyl (C=O) groups is 1. The Kier molecular flexibility index (Phi) is 10.9. The van der Waals surface area contributed by atoms with Gasteiger partial charge in [-0.3, -0.25) is 0 Å². The highest BCUT2D eigenvalue weighted by Crippen LogP contribution is 2.33. The second kappa shape index (κ2) is 15.7. The Morgan fingerprint density at radius 3 is 2.42 bits per heavy atom. The molecule has 0 spiro atoms. The summed E-state index contributed by atoms with van der Waals surface area (Å²) in [5.74, 6) is 1.36. The molecule has 3 aromatic heterocycles. The molecule has 14 heteroatoms. The number of benzene rings is 2. The topological polar surface area (TPSA) is 170 Å². The quantitative estimate of drug-likeness (QED) is 0.132. The van der Waals surface area contributed by atoms with Crippen molar-refractivity contribution >= 4 is 5.97 Å². The summed E-state index contributed by atoms with van der Waals surface area (Å²) >= 11 is 0. The first-order chi connectivity index (χ1) is 25.5. The number of nitrogens with zero attached hydrogens (tertiary/aromatic N) is 6. The molecule has 1 N–H and O–H groups in total. The van der Waals surface area contributed by atoms with Crippen LogP contribution in [0.2, 0.25) is 0 Å². The molecule has 276 valence electrons. The van der Waals surface area contributed by atoms with E-state index in [2.05, 4.69) is 21.6 Å². The number of aryl methyl sites for hydroxylation is 2. The number of tetrazole rings is 1. The van der Waals surface area contributed by atoms with Gasteiger partial charge in [0, 0.05) is 30.2 Å². The van der Waals surface area contributed by atoms with E-state index in [0.29, 0.717) is 36.8 Å². The minimum atomic E-state index is -1.44. The molecule has 0 aliphatic heterocycles. The molecule has 2 aromatic carbocycles. The predicted octanol–water partition coefficient (Wildman–Crippen LogP) is 6.03. The maximum absolute atomic E-state index is 13.7. The van der Waals surface area contributed by atoms with E-state index in [9.17, 15) is 14.7 Å². The van der Waals surface area contributed by atoms with Gasteiger partial charge in [-0.1, -0.05) is 61.5 Å². The third-order valence-corrected chi connectivity index (χ3v) is 8.82. The number of imidazole rings is 1. The number of ether oxygens (including phenoxy) is 3. The summed E-state index contributed by atoms with van der Waals surface area (Å²) in [6.07, 6.45) is 7.90. The van der Waals surface area contributed by atoms with E-state index in [0.717, 1.165) is 40.0 Å². The standard InChI is InChI=1S/C39H42N6O8/c1-7-11-33-40-35(39(3,4)48)34(37(46)51-23-32-24(2)52-38(47)53-32)44(33)21-25-16-18-26(19-17-25)29-14-8-9-15-30(29)36-41-42-43-45(36)22-27-12-10-13-28(49-5)20-31(27)50-6/h8-9,12-20,48H,7,10-11,21-23H2,1-6H3. The van der Waals surface area contributed by atoms with Crippen LogP contribution in [0.3, 0.4) is 0 Å². The van der Waals surface area contributed by atoms with Gasteiger partial charge >= 0.3 is 11.8 Å². The number of methoxy groups -OCH3 is 2. The van der Waals surface area contributed by atoms with E-state index in [1.54, 1.807) is 44.2 Å². The van der Waals surface area contributed by atoms with Crippen molar-refractivity contribution < 1.29 is 32.9 Å². The molecule has 0 bridgehead atoms. The third kappa shape index (κ3) is 8.07. The van der Waals surface area contributed by atoms with Crippen LogP contribution in [0.5, 0.6) is 0 Å². The highest BCUT2D eigenvalue weighted by atomic mass is 16.6. The van der Waals surface area contributed by atoms with Crippen molar-refractivity contribution in [2.45, 2.75) is 72.3 Å². The first kappa shape index (κ1) is 36.8. The van der Waals surface area contributed by atoms with Crippen molar-refractivity contribution in [1.29, 1.82) is 0 Å². The number of aliphatic hydroxyl groups is 1. The summed E-state index contributed by atoms with van der Waals surface area (Å²) in [5.41, 5.74) is 3.40. The molecule has 1 aliphatic carbocycles. The summed E-state index contributed by atoms with van der Waals surface area (Å²) in [5, 5.41) is 23.8. The van der Waals surface area contributed by atoms with Crippen molar-refractivity contribution in [3.05, 3.63) is 129 Å². The fourth-order valence-electron chi connectivity index (χ4n) is 6.16. The second-order valence-electron chi connectivity index (χ2n) is 13.0. The van der Waals surface area contributed by atoms with Crippen LogP contribution in [0.15, 0.2) is 97.5 Å². The lowest BCUT2D eigenvalue weighted by atomic mass is 9.98. The fraction of sp³-hybridized carbons (Fsp3) is 0.333. The smallest absolute Gasteiger partial charge is 0.497 e. The van der Waals surface area contributed by atoms with Crippen LogP contribution in [0.1, 0.15) is 72.7 Å². The molecular weight excluding hydrogens is 680 g/mol. The molecule has 53 heavy (non-hydrogen) atoms. The minimum absolute atomic E-state index is 0.106. The normalized spacial score (nSPS) is 13.2. The van der Waals surface area contributed by atoms with Gasteiger partial charge < -0.3 is 32.7 Å². The highest BCUT2D eigenvalue weighted by molar-refractivity contribution is 5.89. The lowest BCUT2D eigenvalue weighted by molar-refractivity contribution is 0.0395. The van der Waals surface area contributed by atoms with Crippen LogP contribution in [0.25, 0.3) is 22.5 Å². The summed E-state index contributed by atoms with van der Waals surface area (Å²) < 4.78 is 30.1. The second-order valence-corrected chi connectivity index (χ2v) is 13.0. The zero-order valence-electron chi connectivity index (χ0n) is 30.6. The Bertz CT molecular complexity index is 2250.